The SMILES string of the molecule is CC(C)(NCC(=O)N1CCCCCC1)C1CC1. The molecule has 1 aliphatic heterocycles. The molecule has 1 heterocycles. The molecule has 0 radical (unpaired) electrons. The number of carbonyl (C=O) groups is 1. The average molecular weight is 238 g/mol. The lowest BCUT2D eigenvalue weighted by Gasteiger charge is -2.28. The van der Waals surface area contributed by atoms with Crippen LogP contribution in [0.5, 0.6) is 0 Å². The highest BCUT2D eigenvalue weighted by molar-refractivity contribution is 5.78. The van der Waals surface area contributed by atoms with Gasteiger partial charge in [0.15, 0.2) is 0 Å². The van der Waals surface area contributed by atoms with Crippen molar-refractivity contribution in [1.82, 2.24) is 10.2 Å². The molecule has 17 heavy (non-hydrogen) atoms. The van der Waals surface area contributed by atoms with Crippen LogP contribution in [0.3, 0.4) is 0 Å². The van der Waals surface area contributed by atoms with Gasteiger partial charge >= 0.3 is 0 Å². The normalized spacial score (nSPS) is 22.4. The van der Waals surface area contributed by atoms with Gasteiger partial charge in [0.05, 0.1) is 6.54 Å². The number of amides is 1. The molecule has 0 aromatic rings. The molecular formula is C14H26N2O. The fraction of sp³-hybridized carbons (Fsp3) is 0.929. The van der Waals surface area contributed by atoms with Crippen LogP contribution in [0.4, 0.5) is 0 Å². The Labute approximate surface area is 105 Å². The zero-order chi connectivity index (χ0) is 12.3. The van der Waals surface area contributed by atoms with Gasteiger partial charge in [0, 0.05) is 18.6 Å². The van der Waals surface area contributed by atoms with Crippen LogP contribution in [0, 0.1) is 5.92 Å². The van der Waals surface area contributed by atoms with Gasteiger partial charge in [0.1, 0.15) is 0 Å². The van der Waals surface area contributed by atoms with E-state index in [1.807, 2.05) is 4.90 Å². The van der Waals surface area contributed by atoms with Gasteiger partial charge in [0.25, 0.3) is 0 Å². The second kappa shape index (κ2) is 5.38. The van der Waals surface area contributed by atoms with Crippen LogP contribution in [0.25, 0.3) is 0 Å². The summed E-state index contributed by atoms with van der Waals surface area (Å²) in [4.78, 5) is 14.1. The summed E-state index contributed by atoms with van der Waals surface area (Å²) in [5.74, 6) is 1.07. The van der Waals surface area contributed by atoms with Crippen molar-refractivity contribution in [2.75, 3.05) is 19.6 Å². The molecule has 3 heteroatoms. The van der Waals surface area contributed by atoms with Crippen LogP contribution in [-0.2, 0) is 4.79 Å². The first-order chi connectivity index (χ1) is 8.09. The summed E-state index contributed by atoms with van der Waals surface area (Å²) in [7, 11) is 0. The van der Waals surface area contributed by atoms with E-state index < -0.39 is 0 Å². The molecule has 0 bridgehead atoms. The lowest BCUT2D eigenvalue weighted by Crippen LogP contribution is -2.48. The first-order valence-electron chi connectivity index (χ1n) is 7.12. The number of nitrogens with zero attached hydrogens (tertiary/aromatic N) is 1. The van der Waals surface area contributed by atoms with E-state index in [1.165, 1.54) is 38.5 Å². The predicted molar refractivity (Wildman–Crippen MR) is 69.9 cm³/mol. The van der Waals surface area contributed by atoms with Crippen LogP contribution in [-0.4, -0.2) is 36.0 Å². The molecule has 2 fully saturated rings. The molecule has 1 amide bonds. The third-order valence-corrected chi connectivity index (χ3v) is 4.25. The maximum absolute atomic E-state index is 12.1. The Morgan fingerprint density at radius 3 is 2.29 bits per heavy atom. The Morgan fingerprint density at radius 1 is 1.18 bits per heavy atom. The van der Waals surface area contributed by atoms with Crippen LogP contribution < -0.4 is 5.32 Å². The summed E-state index contributed by atoms with van der Waals surface area (Å²) in [6, 6.07) is 0. The van der Waals surface area contributed by atoms with E-state index in [2.05, 4.69) is 19.2 Å². The van der Waals surface area contributed by atoms with Crippen LogP contribution in [0.15, 0.2) is 0 Å². The molecule has 0 aromatic carbocycles. The van der Waals surface area contributed by atoms with Gasteiger partial charge in [-0.1, -0.05) is 12.8 Å². The van der Waals surface area contributed by atoms with Crippen molar-refractivity contribution in [2.45, 2.75) is 57.9 Å². The Morgan fingerprint density at radius 2 is 1.76 bits per heavy atom. The summed E-state index contributed by atoms with van der Waals surface area (Å²) < 4.78 is 0. The third-order valence-electron chi connectivity index (χ3n) is 4.25. The highest BCUT2D eigenvalue weighted by Crippen LogP contribution is 2.39. The number of hydrogen-bond acceptors (Lipinski definition) is 2. The van der Waals surface area contributed by atoms with Gasteiger partial charge in [-0.3, -0.25) is 4.79 Å². The minimum absolute atomic E-state index is 0.140. The quantitative estimate of drug-likeness (QED) is 0.814. The van der Waals surface area contributed by atoms with Crippen molar-refractivity contribution in [3.63, 3.8) is 0 Å². The number of nitrogens with one attached hydrogen (secondary N) is 1. The van der Waals surface area contributed by atoms with Gasteiger partial charge in [-0.05, 0) is 45.4 Å². The highest BCUT2D eigenvalue weighted by Gasteiger charge is 2.37. The maximum Gasteiger partial charge on any atom is 0.236 e. The topological polar surface area (TPSA) is 32.3 Å². The highest BCUT2D eigenvalue weighted by atomic mass is 16.2. The van der Waals surface area contributed by atoms with Gasteiger partial charge in [-0.25, -0.2) is 0 Å². The predicted octanol–water partition coefficient (Wildman–Crippen LogP) is 2.17. The summed E-state index contributed by atoms with van der Waals surface area (Å²) in [5, 5.41) is 3.45. The zero-order valence-electron chi connectivity index (χ0n) is 11.3. The number of carbonyl (C=O) groups excluding carboxylic acids is 1. The molecule has 1 N–H and O–H groups in total. The van der Waals surface area contributed by atoms with E-state index in [4.69, 9.17) is 0 Å². The molecule has 1 aliphatic carbocycles. The first-order valence-corrected chi connectivity index (χ1v) is 7.12. The van der Waals surface area contributed by atoms with E-state index in [-0.39, 0.29) is 5.54 Å². The summed E-state index contributed by atoms with van der Waals surface area (Å²) in [6.45, 7) is 6.89. The Hall–Kier alpha value is -0.570. The molecule has 0 spiro atoms. The van der Waals surface area contributed by atoms with E-state index in [9.17, 15) is 4.79 Å². The molecule has 1 saturated carbocycles. The van der Waals surface area contributed by atoms with Crippen LogP contribution >= 0.6 is 0 Å². The van der Waals surface area contributed by atoms with Gasteiger partial charge in [0.2, 0.25) is 5.91 Å². The van der Waals surface area contributed by atoms with E-state index in [1.54, 1.807) is 0 Å². The van der Waals surface area contributed by atoms with Crippen molar-refractivity contribution < 1.29 is 4.79 Å². The smallest absolute Gasteiger partial charge is 0.236 e. The van der Waals surface area contributed by atoms with E-state index in [0.717, 1.165) is 19.0 Å². The Bertz CT molecular complexity index is 263. The second-order valence-corrected chi connectivity index (χ2v) is 6.14. The summed E-state index contributed by atoms with van der Waals surface area (Å²) in [5.41, 5.74) is 0.140. The van der Waals surface area contributed by atoms with E-state index >= 15 is 0 Å². The van der Waals surface area contributed by atoms with Gasteiger partial charge < -0.3 is 10.2 Å². The van der Waals surface area contributed by atoms with Crippen molar-refractivity contribution in [3.05, 3.63) is 0 Å². The molecular weight excluding hydrogens is 212 g/mol. The third kappa shape index (κ3) is 3.70. The first kappa shape index (κ1) is 12.9. The summed E-state index contributed by atoms with van der Waals surface area (Å²) >= 11 is 0. The molecule has 2 rings (SSSR count). The number of hydrogen-bond donors (Lipinski definition) is 1. The molecule has 0 unspecified atom stereocenters. The van der Waals surface area contributed by atoms with Gasteiger partial charge in [-0.2, -0.15) is 0 Å². The molecule has 0 aromatic heterocycles. The van der Waals surface area contributed by atoms with Crippen LogP contribution in [0.2, 0.25) is 0 Å². The van der Waals surface area contributed by atoms with E-state index in [0.29, 0.717) is 12.5 Å². The Balaban J connectivity index is 1.75. The largest absolute Gasteiger partial charge is 0.342 e. The lowest BCUT2D eigenvalue weighted by atomic mass is 9.99. The average Bonchev–Trinajstić information content (AvgIpc) is 3.11. The van der Waals surface area contributed by atoms with Crippen LogP contribution in [0.1, 0.15) is 52.4 Å². The Kier molecular flexibility index (Phi) is 4.08. The molecule has 0 atom stereocenters. The molecule has 3 nitrogen and oxygen atoms in total. The number of likely N-dealkylation sites (tertiary alicyclic amines) is 1. The zero-order valence-corrected chi connectivity index (χ0v) is 11.3. The number of rotatable bonds is 4. The monoisotopic (exact) mass is 238 g/mol. The molecule has 1 saturated heterocycles. The second-order valence-electron chi connectivity index (χ2n) is 6.14. The standard InChI is InChI=1S/C14H26N2O/c1-14(2,12-7-8-12)15-11-13(17)16-9-5-3-4-6-10-16/h12,15H,3-11H2,1-2H3. The van der Waals surface area contributed by atoms with Crippen molar-refractivity contribution >= 4 is 5.91 Å². The maximum atomic E-state index is 12.1. The fourth-order valence-corrected chi connectivity index (χ4v) is 2.68. The molecule has 2 aliphatic rings. The summed E-state index contributed by atoms with van der Waals surface area (Å²) in [6.07, 6.45) is 7.56. The van der Waals surface area contributed by atoms with Crippen molar-refractivity contribution in [2.24, 2.45) is 5.92 Å². The van der Waals surface area contributed by atoms with Crippen molar-refractivity contribution in [1.29, 1.82) is 0 Å². The molecule has 98 valence electrons. The van der Waals surface area contributed by atoms with Gasteiger partial charge in [-0.15, -0.1) is 0 Å². The lowest BCUT2D eigenvalue weighted by molar-refractivity contribution is -0.130. The fourth-order valence-electron chi connectivity index (χ4n) is 2.68. The van der Waals surface area contributed by atoms with Crippen molar-refractivity contribution in [3.8, 4) is 0 Å². The minimum atomic E-state index is 0.140. The minimum Gasteiger partial charge on any atom is -0.342 e.